The molecule has 2 rings (SSSR count). The first-order chi connectivity index (χ1) is 8.31. The van der Waals surface area contributed by atoms with Crippen molar-refractivity contribution in [2.24, 2.45) is 4.99 Å². The monoisotopic (exact) mass is 230 g/mol. The summed E-state index contributed by atoms with van der Waals surface area (Å²) in [5.41, 5.74) is 4.33. The van der Waals surface area contributed by atoms with Crippen molar-refractivity contribution in [3.05, 3.63) is 34.9 Å². The van der Waals surface area contributed by atoms with E-state index in [0.717, 1.165) is 32.0 Å². The molecule has 0 atom stereocenters. The minimum Gasteiger partial charge on any atom is -0.317 e. The predicted octanol–water partition coefficient (Wildman–Crippen LogP) is 2.71. The molecule has 1 aliphatic heterocycles. The van der Waals surface area contributed by atoms with Crippen molar-refractivity contribution in [3.63, 3.8) is 0 Å². The second-order valence-corrected chi connectivity index (χ2v) is 4.91. The lowest BCUT2D eigenvalue weighted by atomic mass is 9.88. The molecular weight excluding hydrogens is 208 g/mol. The molecule has 0 saturated carbocycles. The van der Waals surface area contributed by atoms with Crippen LogP contribution in [-0.4, -0.2) is 26.4 Å². The van der Waals surface area contributed by atoms with Gasteiger partial charge in [-0.3, -0.25) is 0 Å². The maximum atomic E-state index is 3.93. The highest BCUT2D eigenvalue weighted by Crippen LogP contribution is 2.26. The van der Waals surface area contributed by atoms with Gasteiger partial charge in [0.25, 0.3) is 0 Å². The van der Waals surface area contributed by atoms with Gasteiger partial charge in [-0.1, -0.05) is 18.2 Å². The van der Waals surface area contributed by atoms with Crippen LogP contribution in [0.4, 0.5) is 0 Å². The van der Waals surface area contributed by atoms with Gasteiger partial charge in [0.15, 0.2) is 0 Å². The Morgan fingerprint density at radius 3 is 2.76 bits per heavy atom. The lowest BCUT2D eigenvalue weighted by Gasteiger charge is -2.23. The molecule has 0 unspecified atom stereocenters. The highest BCUT2D eigenvalue weighted by atomic mass is 14.9. The topological polar surface area (TPSA) is 24.4 Å². The highest BCUT2D eigenvalue weighted by molar-refractivity contribution is 5.34. The van der Waals surface area contributed by atoms with Gasteiger partial charge in [0.1, 0.15) is 0 Å². The largest absolute Gasteiger partial charge is 0.317 e. The molecule has 1 aliphatic rings. The highest BCUT2D eigenvalue weighted by Gasteiger charge is 2.15. The minimum atomic E-state index is 0.751. The molecule has 0 bridgehead atoms. The van der Waals surface area contributed by atoms with Crippen LogP contribution >= 0.6 is 0 Å². The minimum absolute atomic E-state index is 0.751. The van der Waals surface area contributed by atoms with E-state index in [-0.39, 0.29) is 0 Å². The first-order valence-electron chi connectivity index (χ1n) is 6.54. The van der Waals surface area contributed by atoms with Crippen molar-refractivity contribution in [1.29, 1.82) is 0 Å². The number of benzene rings is 1. The summed E-state index contributed by atoms with van der Waals surface area (Å²) in [5.74, 6) is 0.751. The molecule has 0 aliphatic carbocycles. The van der Waals surface area contributed by atoms with E-state index in [4.69, 9.17) is 0 Å². The third-order valence-electron chi connectivity index (χ3n) is 3.72. The van der Waals surface area contributed by atoms with Gasteiger partial charge < -0.3 is 10.3 Å². The molecule has 1 aromatic rings. The maximum Gasteiger partial charge on any atom is 0.0422 e. The number of piperidine rings is 1. The zero-order valence-electron chi connectivity index (χ0n) is 10.7. The molecule has 2 nitrogen and oxygen atoms in total. The van der Waals surface area contributed by atoms with Crippen LogP contribution in [0.1, 0.15) is 35.4 Å². The molecule has 1 heterocycles. The van der Waals surface area contributed by atoms with Gasteiger partial charge in [0, 0.05) is 6.54 Å². The number of hydrogen-bond donors (Lipinski definition) is 1. The summed E-state index contributed by atoms with van der Waals surface area (Å²) in [5, 5.41) is 3.42. The molecular formula is C15H22N2. The van der Waals surface area contributed by atoms with Crippen LogP contribution < -0.4 is 5.32 Å². The summed E-state index contributed by atoms with van der Waals surface area (Å²) in [6.07, 6.45) is 3.56. The number of nitrogens with zero attached hydrogens (tertiary/aromatic N) is 1. The Morgan fingerprint density at radius 1 is 1.35 bits per heavy atom. The standard InChI is InChI=1S/C15H22N2/c1-12-11-15(14-6-9-17-10-7-14)4-3-13(12)5-8-16-2/h3-4,11,14,17H,2,5-10H2,1H3. The van der Waals surface area contributed by atoms with Crippen LogP contribution in [0.15, 0.2) is 23.2 Å². The number of aliphatic imine (C=N–C) groups is 1. The SMILES string of the molecule is C=NCCc1ccc(C2CCNCC2)cc1C. The van der Waals surface area contributed by atoms with Crippen LogP contribution in [0, 0.1) is 6.92 Å². The Morgan fingerprint density at radius 2 is 2.12 bits per heavy atom. The van der Waals surface area contributed by atoms with Gasteiger partial charge in [0.2, 0.25) is 0 Å². The van der Waals surface area contributed by atoms with E-state index < -0.39 is 0 Å². The smallest absolute Gasteiger partial charge is 0.0422 e. The molecule has 1 saturated heterocycles. The predicted molar refractivity (Wildman–Crippen MR) is 74.1 cm³/mol. The normalized spacial score (nSPS) is 17.0. The van der Waals surface area contributed by atoms with E-state index in [9.17, 15) is 0 Å². The maximum absolute atomic E-state index is 3.93. The van der Waals surface area contributed by atoms with Crippen LogP contribution in [0.2, 0.25) is 0 Å². The number of nitrogens with one attached hydrogen (secondary N) is 1. The molecule has 2 heteroatoms. The quantitative estimate of drug-likeness (QED) is 0.790. The van der Waals surface area contributed by atoms with E-state index in [0.29, 0.717) is 0 Å². The van der Waals surface area contributed by atoms with E-state index in [2.05, 4.69) is 42.1 Å². The Labute approximate surface area is 104 Å². The van der Waals surface area contributed by atoms with Gasteiger partial charge in [-0.25, -0.2) is 0 Å². The Kier molecular flexibility index (Phi) is 4.32. The molecule has 0 spiro atoms. The molecule has 1 aromatic carbocycles. The van der Waals surface area contributed by atoms with E-state index in [1.165, 1.54) is 29.5 Å². The van der Waals surface area contributed by atoms with Gasteiger partial charge >= 0.3 is 0 Å². The summed E-state index contributed by atoms with van der Waals surface area (Å²) < 4.78 is 0. The van der Waals surface area contributed by atoms with Crippen molar-refractivity contribution in [2.75, 3.05) is 19.6 Å². The van der Waals surface area contributed by atoms with Gasteiger partial charge in [-0.2, -0.15) is 0 Å². The van der Waals surface area contributed by atoms with Crippen molar-refractivity contribution in [1.82, 2.24) is 5.32 Å². The van der Waals surface area contributed by atoms with Crippen LogP contribution in [0.3, 0.4) is 0 Å². The van der Waals surface area contributed by atoms with Crippen molar-refractivity contribution in [2.45, 2.75) is 32.1 Å². The number of hydrogen-bond acceptors (Lipinski definition) is 2. The lowest BCUT2D eigenvalue weighted by Crippen LogP contribution is -2.26. The molecule has 1 fully saturated rings. The van der Waals surface area contributed by atoms with Crippen LogP contribution in [-0.2, 0) is 6.42 Å². The number of rotatable bonds is 4. The average Bonchev–Trinajstić information content (AvgIpc) is 2.38. The summed E-state index contributed by atoms with van der Waals surface area (Å²) in [6, 6.07) is 6.95. The molecule has 92 valence electrons. The van der Waals surface area contributed by atoms with Gasteiger partial charge in [-0.05, 0) is 68.6 Å². The first kappa shape index (κ1) is 12.3. The third kappa shape index (κ3) is 3.16. The average molecular weight is 230 g/mol. The zero-order chi connectivity index (χ0) is 12.1. The van der Waals surface area contributed by atoms with E-state index in [1.54, 1.807) is 0 Å². The zero-order valence-corrected chi connectivity index (χ0v) is 10.7. The van der Waals surface area contributed by atoms with Crippen molar-refractivity contribution < 1.29 is 0 Å². The van der Waals surface area contributed by atoms with Crippen molar-refractivity contribution in [3.8, 4) is 0 Å². The molecule has 1 N–H and O–H groups in total. The van der Waals surface area contributed by atoms with E-state index in [1.807, 2.05) is 0 Å². The van der Waals surface area contributed by atoms with Crippen molar-refractivity contribution >= 4 is 6.72 Å². The summed E-state index contributed by atoms with van der Waals surface area (Å²) >= 11 is 0. The van der Waals surface area contributed by atoms with Crippen LogP contribution in [0.5, 0.6) is 0 Å². The molecule has 0 aromatic heterocycles. The summed E-state index contributed by atoms with van der Waals surface area (Å²) in [7, 11) is 0. The third-order valence-corrected chi connectivity index (χ3v) is 3.72. The van der Waals surface area contributed by atoms with Crippen LogP contribution in [0.25, 0.3) is 0 Å². The number of aryl methyl sites for hydroxylation is 1. The van der Waals surface area contributed by atoms with Gasteiger partial charge in [0.05, 0.1) is 0 Å². The fraction of sp³-hybridized carbons (Fsp3) is 0.533. The summed E-state index contributed by atoms with van der Waals surface area (Å²) in [6.45, 7) is 8.89. The van der Waals surface area contributed by atoms with E-state index >= 15 is 0 Å². The Bertz CT molecular complexity index is 379. The molecule has 0 radical (unpaired) electrons. The molecule has 0 amide bonds. The second kappa shape index (κ2) is 5.97. The fourth-order valence-electron chi connectivity index (χ4n) is 2.61. The molecule has 17 heavy (non-hydrogen) atoms. The Hall–Kier alpha value is -1.15. The first-order valence-corrected chi connectivity index (χ1v) is 6.54. The van der Waals surface area contributed by atoms with Gasteiger partial charge in [-0.15, -0.1) is 0 Å². The fourth-order valence-corrected chi connectivity index (χ4v) is 2.61. The summed E-state index contributed by atoms with van der Waals surface area (Å²) in [4.78, 5) is 3.93. The Balaban J connectivity index is 2.09. The lowest BCUT2D eigenvalue weighted by molar-refractivity contribution is 0.460. The second-order valence-electron chi connectivity index (χ2n) is 4.91.